The molecule has 1 aromatic heterocycles. The summed E-state index contributed by atoms with van der Waals surface area (Å²) < 4.78 is 15.4. The molecule has 2 heterocycles. The highest BCUT2D eigenvalue weighted by Gasteiger charge is 2.27. The van der Waals surface area contributed by atoms with Gasteiger partial charge in [0.25, 0.3) is 5.91 Å². The van der Waals surface area contributed by atoms with Gasteiger partial charge in [-0.15, -0.1) is 0 Å². The van der Waals surface area contributed by atoms with Gasteiger partial charge < -0.3 is 15.5 Å². The highest BCUT2D eigenvalue weighted by molar-refractivity contribution is 5.90. The topological polar surface area (TPSA) is 85.7 Å². The van der Waals surface area contributed by atoms with Crippen LogP contribution in [-0.2, 0) is 29.7 Å². The summed E-state index contributed by atoms with van der Waals surface area (Å²) >= 11 is 0. The summed E-state index contributed by atoms with van der Waals surface area (Å²) in [5, 5.41) is 15.1. The molecule has 0 bridgehead atoms. The molecular weight excluding hydrogens is 461 g/mol. The molecule has 2 N–H and O–H groups in total. The van der Waals surface area contributed by atoms with E-state index in [1.165, 1.54) is 12.1 Å². The highest BCUT2D eigenvalue weighted by Crippen LogP contribution is 2.27. The SMILES string of the molecule is CCNCCNC(=O)CN(CC(=O)N(C)N1Cc2ccc(F)cc2C1)c1cc2nn(C)cc2cc1C. The molecule has 2 aromatic carbocycles. The van der Waals surface area contributed by atoms with Crippen LogP contribution in [0, 0.1) is 12.7 Å². The molecule has 2 amide bonds. The number of hydrogen-bond donors (Lipinski definition) is 2. The van der Waals surface area contributed by atoms with Gasteiger partial charge in [0.05, 0.1) is 18.6 Å². The number of benzene rings is 2. The van der Waals surface area contributed by atoms with Crippen LogP contribution < -0.4 is 15.5 Å². The molecule has 10 heteroatoms. The van der Waals surface area contributed by atoms with Gasteiger partial charge >= 0.3 is 0 Å². The predicted molar refractivity (Wildman–Crippen MR) is 138 cm³/mol. The molecule has 0 atom stereocenters. The number of aromatic nitrogens is 2. The van der Waals surface area contributed by atoms with Crippen molar-refractivity contribution in [2.45, 2.75) is 26.9 Å². The van der Waals surface area contributed by atoms with Crippen LogP contribution in [-0.4, -0.2) is 71.4 Å². The number of halogens is 1. The Morgan fingerprint density at radius 1 is 1.11 bits per heavy atom. The molecule has 0 fully saturated rings. The van der Waals surface area contributed by atoms with Crippen LogP contribution >= 0.6 is 0 Å². The van der Waals surface area contributed by atoms with Gasteiger partial charge in [0.2, 0.25) is 5.91 Å². The Morgan fingerprint density at radius 2 is 1.89 bits per heavy atom. The van der Waals surface area contributed by atoms with Crippen LogP contribution in [0.2, 0.25) is 0 Å². The zero-order valence-corrected chi connectivity index (χ0v) is 21.3. The number of amides is 2. The summed E-state index contributed by atoms with van der Waals surface area (Å²) in [6.07, 6.45) is 1.94. The average Bonchev–Trinajstić information content (AvgIpc) is 3.41. The number of nitrogens with one attached hydrogen (secondary N) is 2. The van der Waals surface area contributed by atoms with E-state index in [-0.39, 0.29) is 30.7 Å². The Morgan fingerprint density at radius 3 is 2.67 bits per heavy atom. The van der Waals surface area contributed by atoms with Crippen molar-refractivity contribution in [1.29, 1.82) is 0 Å². The number of fused-ring (bicyclic) bond motifs is 2. The summed E-state index contributed by atoms with van der Waals surface area (Å²) in [4.78, 5) is 28.0. The molecule has 0 radical (unpaired) electrons. The number of carbonyl (C=O) groups is 2. The molecule has 36 heavy (non-hydrogen) atoms. The number of anilines is 1. The molecule has 0 saturated carbocycles. The van der Waals surface area contributed by atoms with Gasteiger partial charge in [0.15, 0.2) is 0 Å². The maximum atomic E-state index is 13.7. The van der Waals surface area contributed by atoms with E-state index in [4.69, 9.17) is 0 Å². The van der Waals surface area contributed by atoms with Crippen LogP contribution in [0.4, 0.5) is 10.1 Å². The van der Waals surface area contributed by atoms with Crippen LogP contribution in [0.25, 0.3) is 10.9 Å². The molecule has 0 spiro atoms. The van der Waals surface area contributed by atoms with Gasteiger partial charge in [-0.25, -0.2) is 9.40 Å². The van der Waals surface area contributed by atoms with Crippen LogP contribution in [0.1, 0.15) is 23.6 Å². The number of likely N-dealkylation sites (N-methyl/N-ethyl adjacent to an activating group) is 2. The predicted octanol–water partition coefficient (Wildman–Crippen LogP) is 1.94. The van der Waals surface area contributed by atoms with Gasteiger partial charge in [-0.3, -0.25) is 19.3 Å². The number of hydrazine groups is 1. The Bertz CT molecular complexity index is 1260. The molecule has 0 aliphatic carbocycles. The van der Waals surface area contributed by atoms with Crippen molar-refractivity contribution in [3.05, 3.63) is 59.0 Å². The lowest BCUT2D eigenvalue weighted by Crippen LogP contribution is -2.48. The van der Waals surface area contributed by atoms with Crippen molar-refractivity contribution in [2.24, 2.45) is 7.05 Å². The zero-order valence-electron chi connectivity index (χ0n) is 21.3. The Labute approximate surface area is 210 Å². The van der Waals surface area contributed by atoms with Gasteiger partial charge in [0.1, 0.15) is 5.82 Å². The molecule has 0 unspecified atom stereocenters. The summed E-state index contributed by atoms with van der Waals surface area (Å²) in [6, 6.07) is 8.67. The molecule has 4 rings (SSSR count). The summed E-state index contributed by atoms with van der Waals surface area (Å²) in [5.41, 5.74) is 4.42. The first-order chi connectivity index (χ1) is 17.2. The van der Waals surface area contributed by atoms with Crippen molar-refractivity contribution in [3.63, 3.8) is 0 Å². The van der Waals surface area contributed by atoms with Gasteiger partial charge in [0, 0.05) is 57.5 Å². The second-order valence-electron chi connectivity index (χ2n) is 9.21. The average molecular weight is 496 g/mol. The fraction of sp³-hybridized carbons (Fsp3) is 0.423. The van der Waals surface area contributed by atoms with Crippen LogP contribution in [0.5, 0.6) is 0 Å². The first-order valence-electron chi connectivity index (χ1n) is 12.2. The van der Waals surface area contributed by atoms with E-state index in [0.717, 1.165) is 39.8 Å². The normalized spacial score (nSPS) is 13.1. The third kappa shape index (κ3) is 5.83. The second-order valence-corrected chi connectivity index (χ2v) is 9.21. The molecule has 192 valence electrons. The third-order valence-corrected chi connectivity index (χ3v) is 6.47. The maximum absolute atomic E-state index is 13.7. The van der Waals surface area contributed by atoms with Crippen molar-refractivity contribution < 1.29 is 14.0 Å². The number of rotatable bonds is 10. The Balaban J connectivity index is 1.51. The van der Waals surface area contributed by atoms with E-state index in [1.807, 2.05) is 44.2 Å². The number of aryl methyl sites for hydroxylation is 2. The second kappa shape index (κ2) is 11.0. The first-order valence-corrected chi connectivity index (χ1v) is 12.2. The van der Waals surface area contributed by atoms with Gasteiger partial charge in [-0.05, 0) is 54.4 Å². The van der Waals surface area contributed by atoms with Crippen molar-refractivity contribution in [3.8, 4) is 0 Å². The first kappa shape index (κ1) is 25.6. The third-order valence-electron chi connectivity index (χ3n) is 6.47. The van der Waals surface area contributed by atoms with Gasteiger partial charge in [-0.2, -0.15) is 5.10 Å². The quantitative estimate of drug-likeness (QED) is 0.418. The molecule has 0 saturated heterocycles. The lowest BCUT2D eigenvalue weighted by atomic mass is 10.1. The van der Waals surface area contributed by atoms with Crippen molar-refractivity contribution in [2.75, 3.05) is 44.7 Å². The van der Waals surface area contributed by atoms with Crippen molar-refractivity contribution in [1.82, 2.24) is 30.4 Å². The zero-order chi connectivity index (χ0) is 25.8. The van der Waals surface area contributed by atoms with E-state index in [2.05, 4.69) is 15.7 Å². The lowest BCUT2D eigenvalue weighted by molar-refractivity contribution is -0.145. The monoisotopic (exact) mass is 495 g/mol. The van der Waals surface area contributed by atoms with E-state index in [9.17, 15) is 14.0 Å². The molecule has 9 nitrogen and oxygen atoms in total. The minimum atomic E-state index is -0.281. The summed E-state index contributed by atoms with van der Waals surface area (Å²) in [7, 11) is 3.58. The van der Waals surface area contributed by atoms with E-state index < -0.39 is 0 Å². The molecule has 3 aromatic rings. The fourth-order valence-corrected chi connectivity index (χ4v) is 4.54. The number of carbonyl (C=O) groups excluding carboxylic acids is 2. The number of hydrogen-bond acceptors (Lipinski definition) is 6. The van der Waals surface area contributed by atoms with Gasteiger partial charge in [-0.1, -0.05) is 13.0 Å². The Hall–Kier alpha value is -3.50. The Kier molecular flexibility index (Phi) is 7.85. The minimum absolute atomic E-state index is 0.0114. The largest absolute Gasteiger partial charge is 0.353 e. The summed E-state index contributed by atoms with van der Waals surface area (Å²) in [6.45, 7) is 7.04. The standard InChI is InChI=1S/C26H34FN7O2/c1-5-28-8-9-29-25(35)16-33(24-12-23-21(10-18(24)2)13-31(3)30-23)17-26(36)32(4)34-14-19-6-7-22(27)11-20(19)15-34/h6-7,10-13,28H,5,8-9,14-17H2,1-4H3,(H,29,35). The highest BCUT2D eigenvalue weighted by atomic mass is 19.1. The molecular formula is C26H34FN7O2. The fourth-order valence-electron chi connectivity index (χ4n) is 4.54. The number of nitrogens with zero attached hydrogens (tertiary/aromatic N) is 5. The lowest BCUT2D eigenvalue weighted by Gasteiger charge is -2.32. The van der Waals surface area contributed by atoms with E-state index in [1.54, 1.807) is 27.7 Å². The van der Waals surface area contributed by atoms with Crippen molar-refractivity contribution >= 4 is 28.4 Å². The van der Waals surface area contributed by atoms with E-state index in [0.29, 0.717) is 26.2 Å². The van der Waals surface area contributed by atoms with Crippen LogP contribution in [0.15, 0.2) is 36.5 Å². The van der Waals surface area contributed by atoms with Crippen LogP contribution in [0.3, 0.4) is 0 Å². The summed E-state index contributed by atoms with van der Waals surface area (Å²) in [5.74, 6) is -0.603. The maximum Gasteiger partial charge on any atom is 0.256 e. The molecule has 1 aliphatic rings. The smallest absolute Gasteiger partial charge is 0.256 e. The minimum Gasteiger partial charge on any atom is -0.353 e. The molecule has 1 aliphatic heterocycles. The van der Waals surface area contributed by atoms with E-state index >= 15 is 0 Å².